The molecule has 0 aliphatic rings. The number of hydrazone groups is 1. The Morgan fingerprint density at radius 1 is 1.11 bits per heavy atom. The Balaban J connectivity index is 1.48. The van der Waals surface area contributed by atoms with Crippen LogP contribution in [0.4, 0.5) is 0 Å². The summed E-state index contributed by atoms with van der Waals surface area (Å²) in [6.45, 7) is 4.86. The summed E-state index contributed by atoms with van der Waals surface area (Å²) in [5.74, 6) is 0.948. The van der Waals surface area contributed by atoms with Crippen molar-refractivity contribution in [3.8, 4) is 11.5 Å². The van der Waals surface area contributed by atoms with E-state index in [1.54, 1.807) is 6.07 Å². The van der Waals surface area contributed by atoms with Crippen LogP contribution in [0.1, 0.15) is 34.2 Å². The highest BCUT2D eigenvalue weighted by molar-refractivity contribution is 14.1. The second-order valence-electron chi connectivity index (χ2n) is 7.65. The van der Waals surface area contributed by atoms with Crippen molar-refractivity contribution in [1.82, 2.24) is 5.43 Å². The molecule has 9 heteroatoms. The molecule has 0 radical (unpaired) electrons. The van der Waals surface area contributed by atoms with Crippen LogP contribution in [0.5, 0.6) is 11.5 Å². The zero-order valence-electron chi connectivity index (χ0n) is 18.9. The van der Waals surface area contributed by atoms with E-state index < -0.39 is 5.91 Å². The highest BCUT2D eigenvalue weighted by atomic mass is 127. The Morgan fingerprint density at radius 3 is 2.69 bits per heavy atom. The molecule has 180 valence electrons. The maximum absolute atomic E-state index is 12.6. The monoisotopic (exact) mass is 710 g/mol. The van der Waals surface area contributed by atoms with Crippen molar-refractivity contribution in [2.24, 2.45) is 5.10 Å². The SMILES string of the molecule is CCOc1cc(/C=N\NC(=O)c2cc3cc(Br)cc(I)c3o2)c(Br)cc1OCc1cccc(C)c1. The van der Waals surface area contributed by atoms with Gasteiger partial charge in [-0.2, -0.15) is 5.10 Å². The fourth-order valence-electron chi connectivity index (χ4n) is 3.40. The second kappa shape index (κ2) is 11.6. The van der Waals surface area contributed by atoms with Crippen LogP contribution in [0.2, 0.25) is 0 Å². The first-order valence-electron chi connectivity index (χ1n) is 10.7. The van der Waals surface area contributed by atoms with Gasteiger partial charge in [-0.1, -0.05) is 45.8 Å². The summed E-state index contributed by atoms with van der Waals surface area (Å²) >= 11 is 9.18. The van der Waals surface area contributed by atoms with Crippen LogP contribution in [-0.2, 0) is 6.61 Å². The number of carbonyl (C=O) groups is 1. The molecule has 0 unspecified atom stereocenters. The Kier molecular flexibility index (Phi) is 8.51. The Labute approximate surface area is 233 Å². The Hall–Kier alpha value is -2.37. The molecule has 1 heterocycles. The van der Waals surface area contributed by atoms with E-state index in [0.717, 1.165) is 29.0 Å². The smallest absolute Gasteiger partial charge is 0.307 e. The molecular weight excluding hydrogens is 691 g/mol. The van der Waals surface area contributed by atoms with Gasteiger partial charge < -0.3 is 13.9 Å². The number of rotatable bonds is 8. The molecule has 3 aromatic carbocycles. The number of fused-ring (bicyclic) bond motifs is 1. The van der Waals surface area contributed by atoms with Gasteiger partial charge in [-0.3, -0.25) is 4.79 Å². The van der Waals surface area contributed by atoms with Gasteiger partial charge in [-0.05, 0) is 88.3 Å². The number of carbonyl (C=O) groups excluding carboxylic acids is 1. The zero-order valence-corrected chi connectivity index (χ0v) is 24.2. The second-order valence-corrected chi connectivity index (χ2v) is 10.6. The number of hydrogen-bond donors (Lipinski definition) is 1. The first-order chi connectivity index (χ1) is 16.8. The summed E-state index contributed by atoms with van der Waals surface area (Å²) in [4.78, 5) is 12.6. The number of benzene rings is 3. The number of amides is 1. The quantitative estimate of drug-likeness (QED) is 0.116. The summed E-state index contributed by atoms with van der Waals surface area (Å²) in [6.07, 6.45) is 1.54. The van der Waals surface area contributed by atoms with Gasteiger partial charge in [-0.25, -0.2) is 5.43 Å². The van der Waals surface area contributed by atoms with Crippen LogP contribution in [-0.4, -0.2) is 18.7 Å². The molecule has 4 rings (SSSR count). The van der Waals surface area contributed by atoms with Gasteiger partial charge >= 0.3 is 5.91 Å². The molecule has 0 bridgehead atoms. The number of furan rings is 1. The lowest BCUT2D eigenvalue weighted by molar-refractivity contribution is 0.0929. The van der Waals surface area contributed by atoms with Gasteiger partial charge in [-0.15, -0.1) is 0 Å². The molecule has 1 N–H and O–H groups in total. The zero-order chi connectivity index (χ0) is 24.9. The average molecular weight is 712 g/mol. The number of halogens is 3. The van der Waals surface area contributed by atoms with Gasteiger partial charge in [0.25, 0.3) is 0 Å². The molecule has 0 spiro atoms. The van der Waals surface area contributed by atoms with Crippen molar-refractivity contribution in [3.05, 3.63) is 89.6 Å². The summed E-state index contributed by atoms with van der Waals surface area (Å²) in [5, 5.41) is 4.94. The third kappa shape index (κ3) is 6.45. The molecule has 6 nitrogen and oxygen atoms in total. The van der Waals surface area contributed by atoms with Crippen molar-refractivity contribution in [2.45, 2.75) is 20.5 Å². The van der Waals surface area contributed by atoms with Gasteiger partial charge in [0, 0.05) is 19.9 Å². The topological polar surface area (TPSA) is 73.1 Å². The molecule has 0 aliphatic heterocycles. The van der Waals surface area contributed by atoms with Gasteiger partial charge in [0.15, 0.2) is 17.3 Å². The van der Waals surface area contributed by atoms with Gasteiger partial charge in [0.2, 0.25) is 0 Å². The number of nitrogens with zero attached hydrogens (tertiary/aromatic N) is 1. The van der Waals surface area contributed by atoms with E-state index in [4.69, 9.17) is 13.9 Å². The van der Waals surface area contributed by atoms with Crippen LogP contribution in [0.25, 0.3) is 11.0 Å². The third-order valence-corrected chi connectivity index (χ3v) is 6.91. The first-order valence-corrected chi connectivity index (χ1v) is 13.4. The molecule has 1 aromatic heterocycles. The molecule has 0 fully saturated rings. The fraction of sp³-hybridized carbons (Fsp3) is 0.154. The summed E-state index contributed by atoms with van der Waals surface area (Å²) < 4.78 is 20.1. The lowest BCUT2D eigenvalue weighted by Crippen LogP contribution is -2.16. The van der Waals surface area contributed by atoms with Crippen LogP contribution >= 0.6 is 54.5 Å². The number of ether oxygens (including phenoxy) is 2. The summed E-state index contributed by atoms with van der Waals surface area (Å²) in [5.41, 5.74) is 6.15. The van der Waals surface area contributed by atoms with Crippen LogP contribution in [0, 0.1) is 10.5 Å². The first kappa shape index (κ1) is 25.7. The molecule has 1 amide bonds. The fourth-order valence-corrected chi connectivity index (χ4v) is 5.48. The van der Waals surface area contributed by atoms with Crippen LogP contribution in [0.3, 0.4) is 0 Å². The number of aryl methyl sites for hydroxylation is 1. The molecule has 0 saturated carbocycles. The number of hydrogen-bond acceptors (Lipinski definition) is 5. The van der Waals surface area contributed by atoms with Crippen molar-refractivity contribution >= 4 is 77.5 Å². The van der Waals surface area contributed by atoms with E-state index in [9.17, 15) is 4.79 Å². The van der Waals surface area contributed by atoms with Crippen molar-refractivity contribution in [1.29, 1.82) is 0 Å². The Bertz CT molecular complexity index is 1420. The molecule has 0 saturated heterocycles. The van der Waals surface area contributed by atoms with Crippen molar-refractivity contribution < 1.29 is 18.7 Å². The summed E-state index contributed by atoms with van der Waals surface area (Å²) in [6, 6.07) is 17.3. The highest BCUT2D eigenvalue weighted by Gasteiger charge is 2.15. The lowest BCUT2D eigenvalue weighted by atomic mass is 10.1. The van der Waals surface area contributed by atoms with Crippen LogP contribution in [0.15, 0.2) is 73.1 Å². The lowest BCUT2D eigenvalue weighted by Gasteiger charge is -2.14. The van der Waals surface area contributed by atoms with E-state index in [2.05, 4.69) is 71.0 Å². The summed E-state index contributed by atoms with van der Waals surface area (Å²) in [7, 11) is 0. The predicted molar refractivity (Wildman–Crippen MR) is 153 cm³/mol. The molecule has 4 aromatic rings. The minimum atomic E-state index is -0.441. The normalized spacial score (nSPS) is 11.2. The maximum Gasteiger partial charge on any atom is 0.307 e. The highest BCUT2D eigenvalue weighted by Crippen LogP contribution is 2.34. The van der Waals surface area contributed by atoms with Gasteiger partial charge in [0.1, 0.15) is 12.2 Å². The largest absolute Gasteiger partial charge is 0.490 e. The Morgan fingerprint density at radius 2 is 1.91 bits per heavy atom. The molecule has 0 atom stereocenters. The average Bonchev–Trinajstić information content (AvgIpc) is 3.24. The van der Waals surface area contributed by atoms with E-state index in [-0.39, 0.29) is 5.76 Å². The molecule has 0 aliphatic carbocycles. The van der Waals surface area contributed by atoms with E-state index in [1.807, 2.05) is 56.3 Å². The number of nitrogens with one attached hydrogen (secondary N) is 1. The van der Waals surface area contributed by atoms with Crippen LogP contribution < -0.4 is 14.9 Å². The van der Waals surface area contributed by atoms with Crippen molar-refractivity contribution in [2.75, 3.05) is 6.61 Å². The maximum atomic E-state index is 12.6. The van der Waals surface area contributed by atoms with E-state index in [0.29, 0.717) is 30.3 Å². The molecular formula is C26H21Br2IN2O4. The van der Waals surface area contributed by atoms with Gasteiger partial charge in [0.05, 0.1) is 16.4 Å². The molecule has 35 heavy (non-hydrogen) atoms. The minimum absolute atomic E-state index is 0.183. The minimum Gasteiger partial charge on any atom is -0.490 e. The predicted octanol–water partition coefficient (Wildman–Crippen LogP) is 7.61. The van der Waals surface area contributed by atoms with E-state index in [1.165, 1.54) is 11.8 Å². The van der Waals surface area contributed by atoms with E-state index >= 15 is 0 Å². The van der Waals surface area contributed by atoms with Crippen molar-refractivity contribution in [3.63, 3.8) is 0 Å². The standard InChI is InChI=1S/C26H21Br2IN2O4/c1-3-33-22-10-18(20(28)12-23(22)34-14-16-6-4-5-15(2)7-16)13-30-31-26(32)24-9-17-8-19(27)11-21(29)25(17)35-24/h4-13H,3,14H2,1-2H3,(H,31,32)/b30-13-. The third-order valence-electron chi connectivity index (χ3n) is 4.97.